The smallest absolute Gasteiger partial charge is 0.306 e. The van der Waals surface area contributed by atoms with Gasteiger partial charge in [0.2, 0.25) is 5.91 Å². The summed E-state index contributed by atoms with van der Waals surface area (Å²) >= 11 is 5.64. The monoisotopic (exact) mass is 496 g/mol. The molecule has 1 aliphatic rings. The molecule has 1 unspecified atom stereocenters. The number of benzene rings is 1. The zero-order chi connectivity index (χ0) is 25.1. The number of fused-ring (bicyclic) bond motifs is 1. The fourth-order valence-electron chi connectivity index (χ4n) is 3.66. The summed E-state index contributed by atoms with van der Waals surface area (Å²) in [6.45, 7) is 7.52. The predicted molar refractivity (Wildman–Crippen MR) is 130 cm³/mol. The number of primary amides is 1. The minimum absolute atomic E-state index is 0.00418. The number of halogens is 1. The van der Waals surface area contributed by atoms with Crippen molar-refractivity contribution >= 4 is 29.4 Å². The zero-order valence-corrected chi connectivity index (χ0v) is 21.2. The first-order valence-corrected chi connectivity index (χ1v) is 12.4. The summed E-state index contributed by atoms with van der Waals surface area (Å²) in [5, 5.41) is 0. The molecular weight excluding hydrogens is 460 g/mol. The van der Waals surface area contributed by atoms with Gasteiger partial charge in [-0.15, -0.1) is 11.6 Å². The molecule has 1 aliphatic heterocycles. The van der Waals surface area contributed by atoms with Crippen LogP contribution in [0.1, 0.15) is 75.2 Å². The summed E-state index contributed by atoms with van der Waals surface area (Å²) in [5.74, 6) is -0.0247. The lowest BCUT2D eigenvalue weighted by molar-refractivity contribution is -0.155. The molecular formula is C25H37ClN2O6. The number of unbranched alkanes of at least 4 members (excludes halogenated alkanes) is 2. The van der Waals surface area contributed by atoms with E-state index in [2.05, 4.69) is 0 Å². The number of amides is 2. The molecule has 0 saturated carbocycles. The van der Waals surface area contributed by atoms with Crippen molar-refractivity contribution in [2.24, 2.45) is 5.73 Å². The molecule has 2 N–H and O–H groups in total. The number of hydrogen-bond acceptors (Lipinski definition) is 6. The first-order valence-electron chi connectivity index (χ1n) is 11.8. The largest absolute Gasteiger partial charge is 0.494 e. The third-order valence-electron chi connectivity index (χ3n) is 5.28. The Kier molecular flexibility index (Phi) is 11.1. The van der Waals surface area contributed by atoms with Gasteiger partial charge in [0.05, 0.1) is 6.61 Å². The molecule has 8 nitrogen and oxygen atoms in total. The highest BCUT2D eigenvalue weighted by atomic mass is 35.5. The number of esters is 1. The van der Waals surface area contributed by atoms with Gasteiger partial charge in [0, 0.05) is 37.6 Å². The molecule has 1 aromatic rings. The summed E-state index contributed by atoms with van der Waals surface area (Å²) in [4.78, 5) is 38.5. The van der Waals surface area contributed by atoms with Crippen LogP contribution in [0.3, 0.4) is 0 Å². The summed E-state index contributed by atoms with van der Waals surface area (Å²) < 4.78 is 16.7. The van der Waals surface area contributed by atoms with E-state index in [9.17, 15) is 14.4 Å². The van der Waals surface area contributed by atoms with Crippen LogP contribution in [0, 0.1) is 0 Å². The van der Waals surface area contributed by atoms with Gasteiger partial charge in [-0.05, 0) is 76.6 Å². The highest BCUT2D eigenvalue weighted by Crippen LogP contribution is 2.29. The van der Waals surface area contributed by atoms with E-state index in [1.165, 1.54) is 4.90 Å². The van der Waals surface area contributed by atoms with Crippen LogP contribution in [0.5, 0.6) is 5.75 Å². The Labute approximate surface area is 207 Å². The van der Waals surface area contributed by atoms with Gasteiger partial charge in [-0.1, -0.05) is 0 Å². The van der Waals surface area contributed by atoms with Crippen LogP contribution in [0.25, 0.3) is 0 Å². The fraction of sp³-hybridized carbons (Fsp3) is 0.640. The predicted octanol–water partition coefficient (Wildman–Crippen LogP) is 3.81. The molecule has 0 bridgehead atoms. The maximum atomic E-state index is 12.9. The van der Waals surface area contributed by atoms with Crippen LogP contribution in [-0.2, 0) is 25.6 Å². The highest BCUT2D eigenvalue weighted by molar-refractivity contribution is 6.17. The molecule has 0 spiro atoms. The minimum Gasteiger partial charge on any atom is -0.494 e. The van der Waals surface area contributed by atoms with E-state index in [1.54, 1.807) is 32.9 Å². The summed E-state index contributed by atoms with van der Waals surface area (Å²) in [6, 6.07) is 4.39. The van der Waals surface area contributed by atoms with Crippen LogP contribution >= 0.6 is 11.6 Å². The van der Waals surface area contributed by atoms with Crippen molar-refractivity contribution in [3.63, 3.8) is 0 Å². The van der Waals surface area contributed by atoms with Gasteiger partial charge in [0.15, 0.2) is 0 Å². The first kappa shape index (κ1) is 27.9. The van der Waals surface area contributed by atoms with E-state index in [4.69, 9.17) is 31.5 Å². The van der Waals surface area contributed by atoms with Crippen molar-refractivity contribution in [3.8, 4) is 5.75 Å². The molecule has 2 amide bonds. The van der Waals surface area contributed by atoms with Gasteiger partial charge < -0.3 is 24.8 Å². The molecule has 9 heteroatoms. The number of hydrogen-bond donors (Lipinski definition) is 1. The number of rotatable bonds is 15. The average Bonchev–Trinajstić information content (AvgIpc) is 3.07. The number of nitrogens with two attached hydrogens (primary N) is 1. The van der Waals surface area contributed by atoms with Crippen molar-refractivity contribution in [2.75, 3.05) is 25.7 Å². The number of carbonyl (C=O) groups is 3. The van der Waals surface area contributed by atoms with E-state index in [0.717, 1.165) is 37.9 Å². The molecule has 0 fully saturated rings. The Morgan fingerprint density at radius 3 is 2.44 bits per heavy atom. The number of ether oxygens (including phenoxy) is 3. The van der Waals surface area contributed by atoms with E-state index >= 15 is 0 Å². The Hall–Kier alpha value is -2.32. The van der Waals surface area contributed by atoms with Gasteiger partial charge >= 0.3 is 5.97 Å². The van der Waals surface area contributed by atoms with Crippen LogP contribution in [0.4, 0.5) is 0 Å². The Morgan fingerprint density at radius 1 is 1.12 bits per heavy atom. The molecule has 0 saturated heterocycles. The van der Waals surface area contributed by atoms with E-state index in [-0.39, 0.29) is 25.3 Å². The van der Waals surface area contributed by atoms with Crippen molar-refractivity contribution in [1.82, 2.24) is 4.90 Å². The summed E-state index contributed by atoms with van der Waals surface area (Å²) in [5.41, 5.74) is 6.24. The number of nitrogens with zero attached hydrogens (tertiary/aromatic N) is 1. The molecule has 34 heavy (non-hydrogen) atoms. The molecule has 0 aliphatic carbocycles. The van der Waals surface area contributed by atoms with Gasteiger partial charge in [-0.2, -0.15) is 0 Å². The van der Waals surface area contributed by atoms with Crippen LogP contribution in [-0.4, -0.2) is 60.0 Å². The zero-order valence-electron chi connectivity index (χ0n) is 20.4. The maximum absolute atomic E-state index is 12.9. The lowest BCUT2D eigenvalue weighted by Crippen LogP contribution is -2.45. The fourth-order valence-corrected chi connectivity index (χ4v) is 3.85. The minimum atomic E-state index is -0.888. The molecule has 1 aromatic carbocycles. The Bertz CT molecular complexity index is 839. The third kappa shape index (κ3) is 9.14. The normalized spacial score (nSPS) is 14.1. The SMILES string of the molecule is CC(C)(C)OC(=O)CCC(C(N)=O)N1Cc2cc(OCCCCOCCCCCl)ccc2C1=O. The van der Waals surface area contributed by atoms with Crippen molar-refractivity contribution in [3.05, 3.63) is 29.3 Å². The highest BCUT2D eigenvalue weighted by Gasteiger charge is 2.36. The molecule has 2 rings (SSSR count). The van der Waals surface area contributed by atoms with Crippen LogP contribution < -0.4 is 10.5 Å². The summed E-state index contributed by atoms with van der Waals surface area (Å²) in [7, 11) is 0. The second-order valence-corrected chi connectivity index (χ2v) is 9.74. The number of alkyl halides is 1. The van der Waals surface area contributed by atoms with Crippen LogP contribution in [0.2, 0.25) is 0 Å². The maximum Gasteiger partial charge on any atom is 0.306 e. The van der Waals surface area contributed by atoms with E-state index in [0.29, 0.717) is 30.4 Å². The molecule has 1 atom stereocenters. The Balaban J connectivity index is 1.84. The van der Waals surface area contributed by atoms with E-state index < -0.39 is 23.5 Å². The molecule has 1 heterocycles. The van der Waals surface area contributed by atoms with Gasteiger partial charge in [-0.25, -0.2) is 0 Å². The standard InChI is InChI=1S/C25H37ClN2O6/c1-25(2,3)34-22(29)11-10-21(23(27)30)28-17-18-16-19(8-9-20(18)24(28)31)33-15-7-6-14-32-13-5-4-12-26/h8-9,16,21H,4-7,10-15,17H2,1-3H3,(H2,27,30). The van der Waals surface area contributed by atoms with Gasteiger partial charge in [0.1, 0.15) is 17.4 Å². The lowest BCUT2D eigenvalue weighted by Gasteiger charge is -2.25. The topological polar surface area (TPSA) is 108 Å². The molecule has 0 radical (unpaired) electrons. The first-order chi connectivity index (χ1) is 16.1. The third-order valence-corrected chi connectivity index (χ3v) is 5.55. The number of carbonyl (C=O) groups excluding carboxylic acids is 3. The Morgan fingerprint density at radius 2 is 1.79 bits per heavy atom. The quantitative estimate of drug-likeness (QED) is 0.225. The molecule has 0 aromatic heterocycles. The lowest BCUT2D eigenvalue weighted by atomic mass is 10.1. The second-order valence-electron chi connectivity index (χ2n) is 9.36. The van der Waals surface area contributed by atoms with Gasteiger partial charge in [0.25, 0.3) is 5.91 Å². The molecule has 190 valence electrons. The second kappa shape index (κ2) is 13.5. The average molecular weight is 497 g/mol. The summed E-state index contributed by atoms with van der Waals surface area (Å²) in [6.07, 6.45) is 3.80. The van der Waals surface area contributed by atoms with Crippen molar-refractivity contribution in [1.29, 1.82) is 0 Å². The van der Waals surface area contributed by atoms with Crippen molar-refractivity contribution < 1.29 is 28.6 Å². The van der Waals surface area contributed by atoms with E-state index in [1.807, 2.05) is 6.07 Å². The van der Waals surface area contributed by atoms with Crippen LogP contribution in [0.15, 0.2) is 18.2 Å². The van der Waals surface area contributed by atoms with Gasteiger partial charge in [-0.3, -0.25) is 14.4 Å². The van der Waals surface area contributed by atoms with Crippen molar-refractivity contribution in [2.45, 2.75) is 77.5 Å².